The minimum atomic E-state index is -0.689. The lowest BCUT2D eigenvalue weighted by atomic mass is 10.3. The zero-order valence-electron chi connectivity index (χ0n) is 15.5. The van der Waals surface area contributed by atoms with E-state index in [0.717, 1.165) is 21.6 Å². The number of nitrogens with one attached hydrogen (secondary N) is 1. The molecule has 1 N–H and O–H groups in total. The third kappa shape index (κ3) is 4.13. The van der Waals surface area contributed by atoms with Gasteiger partial charge in [0.25, 0.3) is 11.8 Å². The van der Waals surface area contributed by atoms with E-state index < -0.39 is 24.4 Å². The van der Waals surface area contributed by atoms with Gasteiger partial charge in [-0.3, -0.25) is 14.9 Å². The van der Waals surface area contributed by atoms with Crippen molar-refractivity contribution < 1.29 is 19.1 Å². The molecule has 0 fully saturated rings. The molecule has 1 aromatic carbocycles. The van der Waals surface area contributed by atoms with Crippen LogP contribution in [0.25, 0.3) is 15.9 Å². The van der Waals surface area contributed by atoms with Crippen LogP contribution in [-0.4, -0.2) is 34.2 Å². The van der Waals surface area contributed by atoms with Crippen LogP contribution in [0.2, 0.25) is 5.02 Å². The molecule has 0 aliphatic carbocycles. The maximum absolute atomic E-state index is 12.4. The van der Waals surface area contributed by atoms with Crippen LogP contribution in [0.3, 0.4) is 0 Å². The Balaban J connectivity index is 1.46. The van der Waals surface area contributed by atoms with E-state index in [1.807, 2.05) is 19.1 Å². The third-order valence-corrected chi connectivity index (χ3v) is 6.36. The molecule has 0 spiro atoms. The third-order valence-electron chi connectivity index (χ3n) is 4.15. The Morgan fingerprint density at radius 1 is 1.17 bits per heavy atom. The molecule has 0 bridgehead atoms. The second kappa shape index (κ2) is 8.39. The number of thiophene rings is 2. The quantitative estimate of drug-likeness (QED) is 0.451. The Hall–Kier alpha value is -3.01. The number of nitrogens with zero attached hydrogens (tertiary/aromatic N) is 2. The number of carbonyl (C=O) groups is 3. The zero-order valence-corrected chi connectivity index (χ0v) is 17.9. The molecule has 152 valence electrons. The van der Waals surface area contributed by atoms with Gasteiger partial charge >= 0.3 is 5.97 Å². The first-order chi connectivity index (χ1) is 14.4. The summed E-state index contributed by atoms with van der Waals surface area (Å²) in [5.41, 5.74) is 1.57. The predicted molar refractivity (Wildman–Crippen MR) is 116 cm³/mol. The van der Waals surface area contributed by atoms with Crippen molar-refractivity contribution in [2.24, 2.45) is 0 Å². The molecule has 7 nitrogen and oxygen atoms in total. The number of aryl methyl sites for hydroxylation is 1. The van der Waals surface area contributed by atoms with Gasteiger partial charge in [-0.1, -0.05) is 17.7 Å². The number of imide groups is 1. The average Bonchev–Trinajstić information content (AvgIpc) is 3.45. The normalized spacial score (nSPS) is 10.9. The number of ether oxygens (including phenoxy) is 1. The van der Waals surface area contributed by atoms with Gasteiger partial charge in [0.2, 0.25) is 0 Å². The van der Waals surface area contributed by atoms with E-state index in [4.69, 9.17) is 16.3 Å². The molecule has 4 aromatic rings. The minimum absolute atomic E-state index is 0.339. The SMILES string of the molecule is Cc1nn(-c2ccc(Cl)cc2)c2sc(C(=O)OCC(=O)NC(=O)c3cccs3)cc12. The Morgan fingerprint density at radius 3 is 2.63 bits per heavy atom. The van der Waals surface area contributed by atoms with Gasteiger partial charge in [-0.25, -0.2) is 9.48 Å². The molecular formula is C20H14ClN3O4S2. The number of hydrogen-bond donors (Lipinski definition) is 1. The Bertz CT molecular complexity index is 1240. The molecule has 2 amide bonds. The van der Waals surface area contributed by atoms with Crippen LogP contribution in [-0.2, 0) is 9.53 Å². The number of hydrogen-bond acceptors (Lipinski definition) is 7. The molecule has 0 saturated heterocycles. The summed E-state index contributed by atoms with van der Waals surface area (Å²) in [6.07, 6.45) is 0. The van der Waals surface area contributed by atoms with Gasteiger partial charge in [-0.2, -0.15) is 5.10 Å². The van der Waals surface area contributed by atoms with E-state index in [1.54, 1.807) is 40.4 Å². The fourth-order valence-electron chi connectivity index (χ4n) is 2.74. The highest BCUT2D eigenvalue weighted by Crippen LogP contribution is 2.31. The number of carbonyl (C=O) groups excluding carboxylic acids is 3. The van der Waals surface area contributed by atoms with Crippen LogP contribution in [0.1, 0.15) is 25.0 Å². The number of halogens is 1. The number of amides is 2. The monoisotopic (exact) mass is 459 g/mol. The number of benzene rings is 1. The van der Waals surface area contributed by atoms with E-state index in [9.17, 15) is 14.4 Å². The minimum Gasteiger partial charge on any atom is -0.451 e. The second-order valence-corrected chi connectivity index (χ2v) is 8.65. The van der Waals surface area contributed by atoms with Crippen molar-refractivity contribution in [3.05, 3.63) is 68.3 Å². The van der Waals surface area contributed by atoms with Gasteiger partial charge < -0.3 is 4.74 Å². The summed E-state index contributed by atoms with van der Waals surface area (Å²) in [5, 5.41) is 9.87. The molecule has 3 heterocycles. The summed E-state index contributed by atoms with van der Waals surface area (Å²) in [4.78, 5) is 37.7. The van der Waals surface area contributed by atoms with Crippen molar-refractivity contribution in [3.8, 4) is 5.69 Å². The summed E-state index contributed by atoms with van der Waals surface area (Å²) in [7, 11) is 0. The van der Waals surface area contributed by atoms with Crippen LogP contribution in [0.4, 0.5) is 0 Å². The predicted octanol–water partition coefficient (Wildman–Crippen LogP) is 4.22. The summed E-state index contributed by atoms with van der Waals surface area (Å²) < 4.78 is 6.80. The standard InChI is InChI=1S/C20H14ClN3O4S2/c1-11-14-9-16(30-19(14)24(23-11)13-6-4-12(21)5-7-13)20(27)28-10-17(25)22-18(26)15-3-2-8-29-15/h2-9H,10H2,1H3,(H,22,25,26). The number of aromatic nitrogens is 2. The second-order valence-electron chi connectivity index (χ2n) is 6.23. The van der Waals surface area contributed by atoms with Gasteiger partial charge in [-0.05, 0) is 48.7 Å². The van der Waals surface area contributed by atoms with E-state index >= 15 is 0 Å². The first kappa shape index (κ1) is 20.3. The summed E-state index contributed by atoms with van der Waals surface area (Å²) in [6, 6.07) is 12.2. The molecule has 4 rings (SSSR count). The van der Waals surface area contributed by atoms with Crippen LogP contribution in [0.15, 0.2) is 47.8 Å². The van der Waals surface area contributed by atoms with Crippen molar-refractivity contribution in [1.82, 2.24) is 15.1 Å². The maximum Gasteiger partial charge on any atom is 0.348 e. The summed E-state index contributed by atoms with van der Waals surface area (Å²) in [5.74, 6) is -1.85. The molecule has 0 unspecified atom stereocenters. The largest absolute Gasteiger partial charge is 0.451 e. The van der Waals surface area contributed by atoms with Gasteiger partial charge in [-0.15, -0.1) is 22.7 Å². The highest BCUT2D eigenvalue weighted by molar-refractivity contribution is 7.20. The molecule has 0 aliphatic heterocycles. The maximum atomic E-state index is 12.4. The first-order valence-electron chi connectivity index (χ1n) is 8.72. The van der Waals surface area contributed by atoms with Gasteiger partial charge in [0.1, 0.15) is 9.71 Å². The Morgan fingerprint density at radius 2 is 1.93 bits per heavy atom. The lowest BCUT2D eigenvalue weighted by molar-refractivity contribution is -0.123. The summed E-state index contributed by atoms with van der Waals surface area (Å²) >= 11 is 8.37. The van der Waals surface area contributed by atoms with Crippen LogP contribution >= 0.6 is 34.3 Å². The van der Waals surface area contributed by atoms with Crippen LogP contribution in [0.5, 0.6) is 0 Å². The number of esters is 1. The highest BCUT2D eigenvalue weighted by Gasteiger charge is 2.19. The average molecular weight is 460 g/mol. The Kier molecular flexibility index (Phi) is 5.67. The molecule has 10 heteroatoms. The molecule has 0 aliphatic rings. The van der Waals surface area contributed by atoms with Crippen molar-refractivity contribution in [2.75, 3.05) is 6.61 Å². The zero-order chi connectivity index (χ0) is 21.3. The van der Waals surface area contributed by atoms with Crippen molar-refractivity contribution in [1.29, 1.82) is 0 Å². The molecule has 30 heavy (non-hydrogen) atoms. The number of rotatable bonds is 5. The van der Waals surface area contributed by atoms with Crippen LogP contribution < -0.4 is 5.32 Å². The van der Waals surface area contributed by atoms with Gasteiger partial charge in [0, 0.05) is 10.4 Å². The fourth-order valence-corrected chi connectivity index (χ4v) is 4.56. The fraction of sp³-hybridized carbons (Fsp3) is 0.100. The van der Waals surface area contributed by atoms with E-state index in [-0.39, 0.29) is 0 Å². The van der Waals surface area contributed by atoms with Crippen molar-refractivity contribution in [3.63, 3.8) is 0 Å². The topological polar surface area (TPSA) is 90.3 Å². The molecular weight excluding hydrogens is 446 g/mol. The summed E-state index contributed by atoms with van der Waals surface area (Å²) in [6.45, 7) is 1.30. The van der Waals surface area contributed by atoms with E-state index in [1.165, 1.54) is 22.7 Å². The lowest BCUT2D eigenvalue weighted by Crippen LogP contribution is -2.33. The Labute approximate surface area is 183 Å². The smallest absolute Gasteiger partial charge is 0.348 e. The molecule has 0 atom stereocenters. The van der Waals surface area contributed by atoms with Gasteiger partial charge in [0.15, 0.2) is 6.61 Å². The highest BCUT2D eigenvalue weighted by atomic mass is 35.5. The van der Waals surface area contributed by atoms with E-state index in [0.29, 0.717) is 14.8 Å². The lowest BCUT2D eigenvalue weighted by Gasteiger charge is -2.04. The first-order valence-corrected chi connectivity index (χ1v) is 10.8. The molecule has 0 saturated carbocycles. The van der Waals surface area contributed by atoms with Crippen molar-refractivity contribution in [2.45, 2.75) is 6.92 Å². The molecule has 0 radical (unpaired) electrons. The van der Waals surface area contributed by atoms with Crippen LogP contribution in [0, 0.1) is 6.92 Å². The van der Waals surface area contributed by atoms with E-state index in [2.05, 4.69) is 10.4 Å². The van der Waals surface area contributed by atoms with Crippen molar-refractivity contribution >= 4 is 62.3 Å². The molecule has 3 aromatic heterocycles. The van der Waals surface area contributed by atoms with Gasteiger partial charge in [0.05, 0.1) is 16.3 Å². The number of fused-ring (bicyclic) bond motifs is 1.